The summed E-state index contributed by atoms with van der Waals surface area (Å²) in [6.45, 7) is 1.53. The van der Waals surface area contributed by atoms with Gasteiger partial charge in [0.05, 0.1) is 5.54 Å². The summed E-state index contributed by atoms with van der Waals surface area (Å²) < 4.78 is 37.0. The zero-order valence-corrected chi connectivity index (χ0v) is 7.12. The van der Waals surface area contributed by atoms with Gasteiger partial charge < -0.3 is 10.2 Å². The molecule has 0 aromatic rings. The van der Waals surface area contributed by atoms with Crippen LogP contribution < -0.4 is 5.32 Å². The van der Waals surface area contributed by atoms with Gasteiger partial charge in [-0.1, -0.05) is 0 Å². The second-order valence-corrected chi connectivity index (χ2v) is 3.60. The zero-order valence-electron chi connectivity index (χ0n) is 7.12. The molecule has 5 heteroatoms. The molecule has 1 aliphatic carbocycles. The Balaban J connectivity index is 2.17. The Morgan fingerprint density at radius 2 is 1.92 bits per heavy atom. The molecule has 0 amide bonds. The smallest absolute Gasteiger partial charge is 0.322 e. The van der Waals surface area contributed by atoms with E-state index in [-0.39, 0.29) is 5.54 Å². The van der Waals surface area contributed by atoms with Crippen molar-refractivity contribution in [2.75, 3.05) is 19.6 Å². The first kappa shape index (κ1) is 8.87. The highest BCUT2D eigenvalue weighted by molar-refractivity contribution is 5.13. The molecule has 1 spiro atoms. The molecule has 1 saturated heterocycles. The fourth-order valence-electron chi connectivity index (χ4n) is 1.84. The molecular weight excluding hydrogens is 181 g/mol. The first-order chi connectivity index (χ1) is 6.16. The van der Waals surface area contributed by atoms with Crippen LogP contribution in [0.4, 0.5) is 13.2 Å². The minimum Gasteiger partial charge on any atom is -0.336 e. The van der Waals surface area contributed by atoms with Gasteiger partial charge in [0, 0.05) is 19.6 Å². The van der Waals surface area contributed by atoms with Gasteiger partial charge in [-0.25, -0.2) is 0 Å². The van der Waals surface area contributed by atoms with Gasteiger partial charge in [0.2, 0.25) is 0 Å². The van der Waals surface area contributed by atoms with Gasteiger partial charge in [-0.15, -0.1) is 0 Å². The highest BCUT2D eigenvalue weighted by atomic mass is 19.3. The maximum atomic E-state index is 13.0. The number of nitrogens with one attached hydrogen (secondary N) is 1. The van der Waals surface area contributed by atoms with Gasteiger partial charge in [-0.05, 0) is 12.8 Å². The molecule has 1 N–H and O–H groups in total. The van der Waals surface area contributed by atoms with Crippen molar-refractivity contribution < 1.29 is 13.2 Å². The Labute approximate surface area is 74.4 Å². The van der Waals surface area contributed by atoms with Crippen LogP contribution in [0.25, 0.3) is 0 Å². The normalized spacial score (nSPS) is 24.7. The van der Waals surface area contributed by atoms with Gasteiger partial charge in [0.15, 0.2) is 0 Å². The molecule has 2 nitrogen and oxygen atoms in total. The molecule has 13 heavy (non-hydrogen) atoms. The molecule has 74 valence electrons. The van der Waals surface area contributed by atoms with E-state index in [0.29, 0.717) is 19.6 Å². The molecule has 0 unspecified atom stereocenters. The zero-order chi connectivity index (χ0) is 9.47. The summed E-state index contributed by atoms with van der Waals surface area (Å²) in [5, 5.41) is 3.09. The second-order valence-electron chi connectivity index (χ2n) is 3.60. The molecule has 0 aromatic carbocycles. The lowest BCUT2D eigenvalue weighted by molar-refractivity contribution is 0.131. The van der Waals surface area contributed by atoms with E-state index in [1.165, 1.54) is 4.90 Å². The Bertz CT molecular complexity index is 244. The van der Waals surface area contributed by atoms with Gasteiger partial charge in [0.1, 0.15) is 0 Å². The van der Waals surface area contributed by atoms with Crippen LogP contribution in [0.5, 0.6) is 0 Å². The van der Waals surface area contributed by atoms with Crippen LogP contribution in [-0.4, -0.2) is 30.1 Å². The summed E-state index contributed by atoms with van der Waals surface area (Å²) >= 11 is 0. The molecule has 0 atom stereocenters. The van der Waals surface area contributed by atoms with E-state index in [4.69, 9.17) is 0 Å². The topological polar surface area (TPSA) is 15.3 Å². The fraction of sp³-hybridized carbons (Fsp3) is 0.750. The summed E-state index contributed by atoms with van der Waals surface area (Å²) in [7, 11) is 0. The highest BCUT2D eigenvalue weighted by Gasteiger charge is 2.51. The molecule has 2 fully saturated rings. The summed E-state index contributed by atoms with van der Waals surface area (Å²) in [5.74, 6) is -1.33. The molecule has 2 rings (SSSR count). The molecule has 0 bridgehead atoms. The minimum absolute atomic E-state index is 0.336. The summed E-state index contributed by atoms with van der Waals surface area (Å²) in [6, 6.07) is 0. The SMILES string of the molecule is FC(F)=C(F)N1CCNCC12CC2. The molecule has 1 saturated carbocycles. The van der Waals surface area contributed by atoms with E-state index < -0.39 is 12.0 Å². The lowest BCUT2D eigenvalue weighted by Crippen LogP contribution is -2.52. The first-order valence-corrected chi connectivity index (χ1v) is 4.35. The standard InChI is InChI=1S/C8H11F3N2/c9-6(10)7(11)13-4-3-12-5-8(13)1-2-8/h12H,1-5H2. The lowest BCUT2D eigenvalue weighted by atomic mass is 10.2. The highest BCUT2D eigenvalue weighted by Crippen LogP contribution is 2.45. The van der Waals surface area contributed by atoms with Crippen molar-refractivity contribution >= 4 is 0 Å². The molecule has 1 heterocycles. The van der Waals surface area contributed by atoms with Crippen LogP contribution in [0.15, 0.2) is 12.0 Å². The van der Waals surface area contributed by atoms with Crippen molar-refractivity contribution in [1.82, 2.24) is 10.2 Å². The van der Waals surface area contributed by atoms with Crippen LogP contribution in [0.2, 0.25) is 0 Å². The number of hydrogen-bond donors (Lipinski definition) is 1. The lowest BCUT2D eigenvalue weighted by Gasteiger charge is -2.36. The Hall–Kier alpha value is -0.710. The van der Waals surface area contributed by atoms with E-state index in [1.54, 1.807) is 0 Å². The predicted molar refractivity (Wildman–Crippen MR) is 41.9 cm³/mol. The Kier molecular flexibility index (Phi) is 1.98. The number of halogens is 3. The number of hydrogen-bond acceptors (Lipinski definition) is 2. The third-order valence-electron chi connectivity index (χ3n) is 2.76. The van der Waals surface area contributed by atoms with Crippen molar-refractivity contribution in [1.29, 1.82) is 0 Å². The number of piperazine rings is 1. The van der Waals surface area contributed by atoms with Crippen LogP contribution in [-0.2, 0) is 0 Å². The van der Waals surface area contributed by atoms with E-state index in [2.05, 4.69) is 5.32 Å². The van der Waals surface area contributed by atoms with Crippen LogP contribution >= 0.6 is 0 Å². The molecule has 0 radical (unpaired) electrons. The van der Waals surface area contributed by atoms with Crippen molar-refractivity contribution in [3.05, 3.63) is 12.0 Å². The Morgan fingerprint density at radius 1 is 1.23 bits per heavy atom. The monoisotopic (exact) mass is 192 g/mol. The van der Waals surface area contributed by atoms with Crippen LogP contribution in [0.1, 0.15) is 12.8 Å². The van der Waals surface area contributed by atoms with E-state index in [0.717, 1.165) is 12.8 Å². The molecule has 2 aliphatic rings. The second kappa shape index (κ2) is 2.90. The Morgan fingerprint density at radius 3 is 2.46 bits per heavy atom. The number of rotatable bonds is 1. The van der Waals surface area contributed by atoms with Gasteiger partial charge >= 0.3 is 6.08 Å². The minimum atomic E-state index is -2.20. The van der Waals surface area contributed by atoms with Crippen molar-refractivity contribution in [2.45, 2.75) is 18.4 Å². The average molecular weight is 192 g/mol. The molecule has 1 aliphatic heterocycles. The summed E-state index contributed by atoms with van der Waals surface area (Å²) in [5.41, 5.74) is -0.342. The van der Waals surface area contributed by atoms with E-state index in [1.807, 2.05) is 0 Å². The largest absolute Gasteiger partial charge is 0.336 e. The van der Waals surface area contributed by atoms with E-state index in [9.17, 15) is 13.2 Å². The summed E-state index contributed by atoms with van der Waals surface area (Å²) in [6.07, 6.45) is -0.588. The molecule has 0 aromatic heterocycles. The fourth-order valence-corrected chi connectivity index (χ4v) is 1.84. The predicted octanol–water partition coefficient (Wildman–Crippen LogP) is 1.46. The van der Waals surface area contributed by atoms with Gasteiger partial charge in [0.25, 0.3) is 5.95 Å². The number of nitrogens with zero attached hydrogens (tertiary/aromatic N) is 1. The third kappa shape index (κ3) is 1.41. The van der Waals surface area contributed by atoms with E-state index >= 15 is 0 Å². The van der Waals surface area contributed by atoms with Crippen LogP contribution in [0.3, 0.4) is 0 Å². The van der Waals surface area contributed by atoms with Crippen LogP contribution in [0, 0.1) is 0 Å². The maximum Gasteiger partial charge on any atom is 0.322 e. The average Bonchev–Trinajstić information content (AvgIpc) is 2.85. The quantitative estimate of drug-likeness (QED) is 0.633. The maximum absolute atomic E-state index is 13.0. The van der Waals surface area contributed by atoms with Crippen molar-refractivity contribution in [2.24, 2.45) is 0 Å². The third-order valence-corrected chi connectivity index (χ3v) is 2.76. The molecular formula is C8H11F3N2. The van der Waals surface area contributed by atoms with Crippen molar-refractivity contribution in [3.8, 4) is 0 Å². The van der Waals surface area contributed by atoms with Gasteiger partial charge in [-0.3, -0.25) is 0 Å². The summed E-state index contributed by atoms with van der Waals surface area (Å²) in [4.78, 5) is 1.21. The van der Waals surface area contributed by atoms with Crippen molar-refractivity contribution in [3.63, 3.8) is 0 Å². The first-order valence-electron chi connectivity index (χ1n) is 4.35. The van der Waals surface area contributed by atoms with Gasteiger partial charge in [-0.2, -0.15) is 13.2 Å².